The van der Waals surface area contributed by atoms with Crippen LogP contribution in [0.25, 0.3) is 0 Å². The number of nitrogens with two attached hydrogens (primary N) is 1. The topological polar surface area (TPSA) is 72.6 Å². The SMILES string of the molecule is COC(=O)C[C@@H]1C[C@H](C(C)(C)C)CCN1C(=O)[C@@H](N)C(C)C. The van der Waals surface area contributed by atoms with Crippen LogP contribution in [0.1, 0.15) is 53.9 Å². The molecule has 0 aromatic rings. The quantitative estimate of drug-likeness (QED) is 0.808. The van der Waals surface area contributed by atoms with Gasteiger partial charge in [0.05, 0.1) is 19.6 Å². The Morgan fingerprint density at radius 1 is 1.32 bits per heavy atom. The van der Waals surface area contributed by atoms with Gasteiger partial charge in [-0.3, -0.25) is 9.59 Å². The molecule has 0 radical (unpaired) electrons. The van der Waals surface area contributed by atoms with Crippen molar-refractivity contribution in [2.45, 2.75) is 66.0 Å². The molecule has 0 aliphatic carbocycles. The normalized spacial score (nSPS) is 24.3. The zero-order valence-corrected chi connectivity index (χ0v) is 14.9. The summed E-state index contributed by atoms with van der Waals surface area (Å²) in [6.07, 6.45) is 2.03. The summed E-state index contributed by atoms with van der Waals surface area (Å²) < 4.78 is 4.80. The smallest absolute Gasteiger partial charge is 0.307 e. The average molecular weight is 312 g/mol. The highest BCUT2D eigenvalue weighted by atomic mass is 16.5. The maximum Gasteiger partial charge on any atom is 0.307 e. The standard InChI is InChI=1S/C17H32N2O3/c1-11(2)15(18)16(21)19-8-7-12(17(3,4)5)9-13(19)10-14(20)22-6/h11-13,15H,7-10,18H2,1-6H3/t12-,13+,15+/m1/s1. The van der Waals surface area contributed by atoms with Crippen molar-refractivity contribution in [2.24, 2.45) is 23.0 Å². The molecule has 0 spiro atoms. The number of carbonyl (C=O) groups is 2. The van der Waals surface area contributed by atoms with E-state index in [-0.39, 0.29) is 35.7 Å². The van der Waals surface area contributed by atoms with Crippen LogP contribution >= 0.6 is 0 Å². The molecule has 0 aromatic carbocycles. The van der Waals surface area contributed by atoms with Gasteiger partial charge in [0.15, 0.2) is 0 Å². The molecule has 0 saturated carbocycles. The van der Waals surface area contributed by atoms with Gasteiger partial charge in [0, 0.05) is 12.6 Å². The summed E-state index contributed by atoms with van der Waals surface area (Å²) in [4.78, 5) is 26.2. The van der Waals surface area contributed by atoms with Crippen molar-refractivity contribution < 1.29 is 14.3 Å². The molecule has 1 rings (SSSR count). The Balaban J connectivity index is 2.90. The number of ether oxygens (including phenoxy) is 1. The molecule has 1 fully saturated rings. The van der Waals surface area contributed by atoms with E-state index in [4.69, 9.17) is 10.5 Å². The molecule has 1 amide bonds. The van der Waals surface area contributed by atoms with Crippen LogP contribution in [0.3, 0.4) is 0 Å². The number of piperidine rings is 1. The summed E-state index contributed by atoms with van der Waals surface area (Å²) in [7, 11) is 1.39. The number of esters is 1. The lowest BCUT2D eigenvalue weighted by atomic mass is 9.72. The molecule has 0 aromatic heterocycles. The van der Waals surface area contributed by atoms with Crippen molar-refractivity contribution in [3.05, 3.63) is 0 Å². The third-order valence-electron chi connectivity index (χ3n) is 4.86. The van der Waals surface area contributed by atoms with E-state index in [0.717, 1.165) is 12.8 Å². The predicted molar refractivity (Wildman–Crippen MR) is 87.1 cm³/mol. The van der Waals surface area contributed by atoms with Crippen molar-refractivity contribution in [2.75, 3.05) is 13.7 Å². The first-order valence-corrected chi connectivity index (χ1v) is 8.20. The van der Waals surface area contributed by atoms with E-state index < -0.39 is 6.04 Å². The van der Waals surface area contributed by atoms with Gasteiger partial charge < -0.3 is 15.4 Å². The van der Waals surface area contributed by atoms with Crippen LogP contribution in [0, 0.1) is 17.3 Å². The fourth-order valence-electron chi connectivity index (χ4n) is 3.07. The molecular formula is C17H32N2O3. The fourth-order valence-corrected chi connectivity index (χ4v) is 3.07. The third kappa shape index (κ3) is 4.70. The molecule has 22 heavy (non-hydrogen) atoms. The Morgan fingerprint density at radius 3 is 2.36 bits per heavy atom. The van der Waals surface area contributed by atoms with Gasteiger partial charge in [-0.2, -0.15) is 0 Å². The summed E-state index contributed by atoms with van der Waals surface area (Å²) in [6.45, 7) is 11.2. The summed E-state index contributed by atoms with van der Waals surface area (Å²) in [6, 6.07) is -0.617. The van der Waals surface area contributed by atoms with Gasteiger partial charge in [-0.15, -0.1) is 0 Å². The van der Waals surface area contributed by atoms with Gasteiger partial charge in [0.2, 0.25) is 5.91 Å². The second-order valence-electron chi connectivity index (χ2n) is 7.82. The Labute approximate surface area is 134 Å². The Bertz CT molecular complexity index is 401. The summed E-state index contributed by atoms with van der Waals surface area (Å²) in [5, 5.41) is 0. The molecule has 1 aliphatic rings. The molecule has 1 saturated heterocycles. The van der Waals surface area contributed by atoms with Crippen LogP contribution in [0.2, 0.25) is 0 Å². The number of hydrogen-bond donors (Lipinski definition) is 1. The van der Waals surface area contributed by atoms with Crippen LogP contribution in [-0.2, 0) is 14.3 Å². The van der Waals surface area contributed by atoms with E-state index in [1.54, 1.807) is 0 Å². The molecule has 128 valence electrons. The first-order valence-electron chi connectivity index (χ1n) is 8.20. The van der Waals surface area contributed by atoms with Crippen molar-refractivity contribution in [1.82, 2.24) is 4.90 Å². The first-order chi connectivity index (χ1) is 10.1. The van der Waals surface area contributed by atoms with E-state index in [0.29, 0.717) is 12.5 Å². The molecule has 1 heterocycles. The van der Waals surface area contributed by atoms with Crippen molar-refractivity contribution >= 4 is 11.9 Å². The summed E-state index contributed by atoms with van der Waals surface area (Å²) in [5.74, 6) is 0.264. The van der Waals surface area contributed by atoms with Crippen molar-refractivity contribution in [3.63, 3.8) is 0 Å². The fraction of sp³-hybridized carbons (Fsp3) is 0.882. The van der Waals surface area contributed by atoms with E-state index >= 15 is 0 Å². The van der Waals surface area contributed by atoms with E-state index in [9.17, 15) is 9.59 Å². The largest absolute Gasteiger partial charge is 0.469 e. The van der Waals surface area contributed by atoms with Crippen molar-refractivity contribution in [3.8, 4) is 0 Å². The summed E-state index contributed by atoms with van der Waals surface area (Å²) >= 11 is 0. The Kier molecular flexibility index (Phi) is 6.41. The number of nitrogens with zero attached hydrogens (tertiary/aromatic N) is 1. The summed E-state index contributed by atoms with van der Waals surface area (Å²) in [5.41, 5.74) is 6.20. The first kappa shape index (κ1) is 18.9. The van der Waals surface area contributed by atoms with Crippen LogP contribution in [-0.4, -0.2) is 42.5 Å². The molecule has 5 nitrogen and oxygen atoms in total. The van der Waals surface area contributed by atoms with E-state index in [1.165, 1.54) is 7.11 Å². The number of hydrogen-bond acceptors (Lipinski definition) is 4. The van der Waals surface area contributed by atoms with Gasteiger partial charge in [0.25, 0.3) is 0 Å². The van der Waals surface area contributed by atoms with Crippen LogP contribution in [0.15, 0.2) is 0 Å². The highest BCUT2D eigenvalue weighted by Gasteiger charge is 2.39. The van der Waals surface area contributed by atoms with Gasteiger partial charge in [-0.05, 0) is 30.1 Å². The zero-order valence-electron chi connectivity index (χ0n) is 14.9. The lowest BCUT2D eigenvalue weighted by Crippen LogP contribution is -2.55. The molecule has 0 bridgehead atoms. The number of methoxy groups -OCH3 is 1. The minimum atomic E-state index is -0.508. The highest BCUT2D eigenvalue weighted by molar-refractivity contribution is 5.83. The van der Waals surface area contributed by atoms with Gasteiger partial charge in [-0.1, -0.05) is 34.6 Å². The lowest BCUT2D eigenvalue weighted by Gasteiger charge is -2.44. The van der Waals surface area contributed by atoms with E-state index in [1.807, 2.05) is 18.7 Å². The number of carbonyl (C=O) groups excluding carboxylic acids is 2. The minimum absolute atomic E-state index is 0.0451. The third-order valence-corrected chi connectivity index (χ3v) is 4.86. The second kappa shape index (κ2) is 7.44. The van der Waals surface area contributed by atoms with Gasteiger partial charge >= 0.3 is 5.97 Å². The second-order valence-corrected chi connectivity index (χ2v) is 7.82. The van der Waals surface area contributed by atoms with Gasteiger partial charge in [-0.25, -0.2) is 0 Å². The minimum Gasteiger partial charge on any atom is -0.469 e. The van der Waals surface area contributed by atoms with Crippen LogP contribution in [0.4, 0.5) is 0 Å². The number of rotatable bonds is 4. The maximum absolute atomic E-state index is 12.6. The molecule has 1 aliphatic heterocycles. The molecule has 2 N–H and O–H groups in total. The van der Waals surface area contributed by atoms with E-state index in [2.05, 4.69) is 20.8 Å². The maximum atomic E-state index is 12.6. The van der Waals surface area contributed by atoms with Crippen LogP contribution < -0.4 is 5.73 Å². The predicted octanol–water partition coefficient (Wildman–Crippen LogP) is 2.19. The molecule has 3 atom stereocenters. The Morgan fingerprint density at radius 2 is 1.91 bits per heavy atom. The van der Waals surface area contributed by atoms with Crippen LogP contribution in [0.5, 0.6) is 0 Å². The average Bonchev–Trinajstić information content (AvgIpc) is 2.44. The monoisotopic (exact) mass is 312 g/mol. The van der Waals surface area contributed by atoms with Gasteiger partial charge in [0.1, 0.15) is 0 Å². The zero-order chi connectivity index (χ0) is 17.1. The number of amides is 1. The lowest BCUT2D eigenvalue weighted by molar-refractivity contribution is -0.146. The molecule has 5 heteroatoms. The molecule has 0 unspecified atom stereocenters. The highest BCUT2D eigenvalue weighted by Crippen LogP contribution is 2.38. The molecular weight excluding hydrogens is 280 g/mol. The Hall–Kier alpha value is -1.10. The number of likely N-dealkylation sites (tertiary alicyclic amines) is 1. The van der Waals surface area contributed by atoms with Crippen molar-refractivity contribution in [1.29, 1.82) is 0 Å².